The van der Waals surface area contributed by atoms with Crippen molar-refractivity contribution in [3.05, 3.63) is 83.6 Å². The number of halogens is 1. The maximum Gasteiger partial charge on any atom is 0.251 e. The Labute approximate surface area is 145 Å². The molecule has 0 unspecified atom stereocenters. The largest absolute Gasteiger partial charge is 0.492 e. The quantitative estimate of drug-likeness (QED) is 0.691. The van der Waals surface area contributed by atoms with E-state index in [-0.39, 0.29) is 5.91 Å². The molecule has 1 N–H and O–H groups in total. The lowest BCUT2D eigenvalue weighted by molar-refractivity contribution is 0.0947. The maximum absolute atomic E-state index is 12.1. The van der Waals surface area contributed by atoms with Gasteiger partial charge in [-0.1, -0.05) is 11.6 Å². The molecule has 0 saturated heterocycles. The van der Waals surface area contributed by atoms with Gasteiger partial charge in [-0.05, 0) is 60.7 Å². The van der Waals surface area contributed by atoms with Gasteiger partial charge in [0.1, 0.15) is 12.4 Å². The zero-order valence-electron chi connectivity index (χ0n) is 13.0. The first kappa shape index (κ1) is 16.1. The Morgan fingerprint density at radius 3 is 2.33 bits per heavy atom. The topological polar surface area (TPSA) is 43.3 Å². The zero-order chi connectivity index (χ0) is 16.8. The number of nitrogens with zero attached hydrogens (tertiary/aromatic N) is 1. The first-order chi connectivity index (χ1) is 11.7. The zero-order valence-corrected chi connectivity index (χ0v) is 13.7. The molecule has 1 amide bonds. The molecule has 24 heavy (non-hydrogen) atoms. The SMILES string of the molecule is O=C(NCCOc1ccc(Cl)cc1)c1ccc(-n2cccc2)cc1. The molecule has 0 atom stereocenters. The van der Waals surface area contributed by atoms with Gasteiger partial charge >= 0.3 is 0 Å². The summed E-state index contributed by atoms with van der Waals surface area (Å²) >= 11 is 5.81. The minimum absolute atomic E-state index is 0.117. The summed E-state index contributed by atoms with van der Waals surface area (Å²) in [6.07, 6.45) is 3.92. The van der Waals surface area contributed by atoms with Crippen LogP contribution in [-0.4, -0.2) is 23.6 Å². The van der Waals surface area contributed by atoms with E-state index in [0.717, 1.165) is 11.4 Å². The minimum atomic E-state index is -0.117. The van der Waals surface area contributed by atoms with Gasteiger partial charge in [-0.2, -0.15) is 0 Å². The highest BCUT2D eigenvalue weighted by Gasteiger charge is 2.05. The average Bonchev–Trinajstić information content (AvgIpc) is 3.15. The molecule has 0 bridgehead atoms. The van der Waals surface area contributed by atoms with Crippen LogP contribution in [0.4, 0.5) is 0 Å². The molecule has 0 aliphatic rings. The summed E-state index contributed by atoms with van der Waals surface area (Å²) in [4.78, 5) is 12.1. The molecule has 0 fully saturated rings. The second-order valence-electron chi connectivity index (χ2n) is 5.20. The fraction of sp³-hybridized carbons (Fsp3) is 0.105. The van der Waals surface area contributed by atoms with Crippen molar-refractivity contribution in [2.45, 2.75) is 0 Å². The van der Waals surface area contributed by atoms with E-state index in [1.165, 1.54) is 0 Å². The Hall–Kier alpha value is -2.72. The van der Waals surface area contributed by atoms with E-state index in [9.17, 15) is 4.79 Å². The Balaban J connectivity index is 1.47. The first-order valence-electron chi connectivity index (χ1n) is 7.62. The standard InChI is InChI=1S/C19H17ClN2O2/c20-16-5-9-18(10-6-16)24-14-11-21-19(23)15-3-7-17(8-4-15)22-12-1-2-13-22/h1-10,12-13H,11,14H2,(H,21,23). The molecule has 2 aromatic carbocycles. The van der Waals surface area contributed by atoms with Crippen LogP contribution in [0.5, 0.6) is 5.75 Å². The number of rotatable bonds is 6. The summed E-state index contributed by atoms with van der Waals surface area (Å²) in [6, 6.07) is 18.5. The molecule has 0 radical (unpaired) electrons. The van der Waals surface area contributed by atoms with Crippen LogP contribution < -0.4 is 10.1 Å². The predicted octanol–water partition coefficient (Wildman–Crippen LogP) is 3.94. The Morgan fingerprint density at radius 2 is 1.67 bits per heavy atom. The number of benzene rings is 2. The third-order valence-electron chi connectivity index (χ3n) is 3.50. The predicted molar refractivity (Wildman–Crippen MR) is 95.0 cm³/mol. The molecule has 4 nitrogen and oxygen atoms in total. The van der Waals surface area contributed by atoms with Gasteiger partial charge in [0.2, 0.25) is 0 Å². The van der Waals surface area contributed by atoms with Gasteiger partial charge in [0, 0.05) is 28.7 Å². The Morgan fingerprint density at radius 1 is 1.00 bits per heavy atom. The van der Waals surface area contributed by atoms with E-state index < -0.39 is 0 Å². The van der Waals surface area contributed by atoms with Crippen molar-refractivity contribution < 1.29 is 9.53 Å². The number of ether oxygens (including phenoxy) is 1. The molecule has 0 aliphatic carbocycles. The highest BCUT2D eigenvalue weighted by molar-refractivity contribution is 6.30. The number of carbonyl (C=O) groups is 1. The number of hydrogen-bond donors (Lipinski definition) is 1. The second kappa shape index (κ2) is 7.70. The summed E-state index contributed by atoms with van der Waals surface area (Å²) < 4.78 is 7.53. The fourth-order valence-corrected chi connectivity index (χ4v) is 2.38. The lowest BCUT2D eigenvalue weighted by atomic mass is 10.2. The maximum atomic E-state index is 12.1. The van der Waals surface area contributed by atoms with Crippen LogP contribution in [-0.2, 0) is 0 Å². The van der Waals surface area contributed by atoms with Gasteiger partial charge in [0.25, 0.3) is 5.91 Å². The van der Waals surface area contributed by atoms with Crippen LogP contribution in [0.15, 0.2) is 73.1 Å². The average molecular weight is 341 g/mol. The van der Waals surface area contributed by atoms with Crippen molar-refractivity contribution >= 4 is 17.5 Å². The van der Waals surface area contributed by atoms with Gasteiger partial charge in [-0.3, -0.25) is 4.79 Å². The van der Waals surface area contributed by atoms with Gasteiger partial charge in [-0.25, -0.2) is 0 Å². The van der Waals surface area contributed by atoms with E-state index in [1.54, 1.807) is 24.3 Å². The summed E-state index contributed by atoms with van der Waals surface area (Å²) in [6.45, 7) is 0.829. The first-order valence-corrected chi connectivity index (χ1v) is 8.00. The highest BCUT2D eigenvalue weighted by Crippen LogP contribution is 2.15. The van der Waals surface area contributed by atoms with Crippen LogP contribution in [0.3, 0.4) is 0 Å². The summed E-state index contributed by atoms with van der Waals surface area (Å²) in [5.74, 6) is 0.610. The molecule has 0 aliphatic heterocycles. The molecule has 3 rings (SSSR count). The van der Waals surface area contributed by atoms with Crippen LogP contribution in [0.1, 0.15) is 10.4 Å². The van der Waals surface area contributed by atoms with Gasteiger partial charge in [-0.15, -0.1) is 0 Å². The van der Waals surface area contributed by atoms with Crippen molar-refractivity contribution in [2.24, 2.45) is 0 Å². The van der Waals surface area contributed by atoms with Crippen LogP contribution in [0.2, 0.25) is 5.02 Å². The normalized spacial score (nSPS) is 10.4. The molecular weight excluding hydrogens is 324 g/mol. The number of carbonyl (C=O) groups excluding carboxylic acids is 1. The Bertz CT molecular complexity index is 781. The lowest BCUT2D eigenvalue weighted by Gasteiger charge is -2.08. The van der Waals surface area contributed by atoms with E-state index in [1.807, 2.05) is 53.4 Å². The number of amides is 1. The lowest BCUT2D eigenvalue weighted by Crippen LogP contribution is -2.28. The van der Waals surface area contributed by atoms with E-state index in [4.69, 9.17) is 16.3 Å². The second-order valence-corrected chi connectivity index (χ2v) is 5.63. The highest BCUT2D eigenvalue weighted by atomic mass is 35.5. The number of hydrogen-bond acceptors (Lipinski definition) is 2. The van der Waals surface area contributed by atoms with Crippen molar-refractivity contribution in [1.29, 1.82) is 0 Å². The van der Waals surface area contributed by atoms with Gasteiger partial charge in [0.15, 0.2) is 0 Å². The Kier molecular flexibility index (Phi) is 5.18. The van der Waals surface area contributed by atoms with Gasteiger partial charge in [0.05, 0.1) is 6.54 Å². The molecule has 5 heteroatoms. The monoisotopic (exact) mass is 340 g/mol. The molecule has 1 aromatic heterocycles. The fourth-order valence-electron chi connectivity index (χ4n) is 2.26. The summed E-state index contributed by atoms with van der Waals surface area (Å²) in [5.41, 5.74) is 1.64. The van der Waals surface area contributed by atoms with Crippen molar-refractivity contribution in [1.82, 2.24) is 9.88 Å². The minimum Gasteiger partial charge on any atom is -0.492 e. The van der Waals surface area contributed by atoms with Crippen LogP contribution in [0.25, 0.3) is 5.69 Å². The number of nitrogens with one attached hydrogen (secondary N) is 1. The molecule has 122 valence electrons. The van der Waals surface area contributed by atoms with Crippen LogP contribution >= 0.6 is 11.6 Å². The van der Waals surface area contributed by atoms with E-state index in [0.29, 0.717) is 23.7 Å². The smallest absolute Gasteiger partial charge is 0.251 e. The van der Waals surface area contributed by atoms with Crippen molar-refractivity contribution in [2.75, 3.05) is 13.2 Å². The van der Waals surface area contributed by atoms with Crippen molar-refractivity contribution in [3.8, 4) is 11.4 Å². The molecular formula is C19H17ClN2O2. The molecule has 0 saturated carbocycles. The summed E-state index contributed by atoms with van der Waals surface area (Å²) in [5, 5.41) is 3.50. The summed E-state index contributed by atoms with van der Waals surface area (Å²) in [7, 11) is 0. The third kappa shape index (κ3) is 4.18. The van der Waals surface area contributed by atoms with Crippen LogP contribution in [0, 0.1) is 0 Å². The molecule has 3 aromatic rings. The number of aromatic nitrogens is 1. The third-order valence-corrected chi connectivity index (χ3v) is 3.75. The van der Waals surface area contributed by atoms with Gasteiger partial charge < -0.3 is 14.6 Å². The van der Waals surface area contributed by atoms with E-state index >= 15 is 0 Å². The van der Waals surface area contributed by atoms with Crippen molar-refractivity contribution in [3.63, 3.8) is 0 Å². The van der Waals surface area contributed by atoms with E-state index in [2.05, 4.69) is 5.32 Å². The molecule has 1 heterocycles. The molecule has 0 spiro atoms.